The van der Waals surface area contributed by atoms with Gasteiger partial charge in [0.2, 0.25) is 5.91 Å². The minimum atomic E-state index is 0.397. The van der Waals surface area contributed by atoms with Crippen molar-refractivity contribution in [2.45, 2.75) is 25.3 Å². The Morgan fingerprint density at radius 2 is 1.88 bits per heavy atom. The Morgan fingerprint density at radius 3 is 2.50 bits per heavy atom. The largest absolute Gasteiger partial charge is 0.339 e. The molecule has 1 aliphatic carbocycles. The molecule has 3 rings (SSSR count). The average Bonchev–Trinajstić information content (AvgIpc) is 3.01. The Labute approximate surface area is 97.0 Å². The van der Waals surface area contributed by atoms with Crippen molar-refractivity contribution in [2.75, 3.05) is 39.3 Å². The van der Waals surface area contributed by atoms with Crippen LogP contribution in [0.3, 0.4) is 0 Å². The first kappa shape index (κ1) is 10.5. The maximum atomic E-state index is 11.8. The zero-order chi connectivity index (χ0) is 11.0. The lowest BCUT2D eigenvalue weighted by atomic mass is 10.0. The number of carbonyl (C=O) groups excluding carboxylic acids is 1. The van der Waals surface area contributed by atoms with Crippen molar-refractivity contribution in [1.82, 2.24) is 15.1 Å². The molecule has 4 nitrogen and oxygen atoms in total. The van der Waals surface area contributed by atoms with E-state index in [1.807, 2.05) is 4.90 Å². The van der Waals surface area contributed by atoms with Gasteiger partial charge in [-0.3, -0.25) is 9.69 Å². The summed E-state index contributed by atoms with van der Waals surface area (Å²) < 4.78 is 0. The fourth-order valence-electron chi connectivity index (χ4n) is 2.64. The molecule has 1 N–H and O–H groups in total. The Morgan fingerprint density at radius 1 is 1.19 bits per heavy atom. The molecule has 1 amide bonds. The van der Waals surface area contributed by atoms with E-state index in [1.54, 1.807) is 0 Å². The number of nitrogens with one attached hydrogen (secondary N) is 1. The first-order valence-corrected chi connectivity index (χ1v) is 6.55. The zero-order valence-corrected chi connectivity index (χ0v) is 9.82. The van der Waals surface area contributed by atoms with Gasteiger partial charge >= 0.3 is 0 Å². The van der Waals surface area contributed by atoms with Crippen LogP contribution in [0.25, 0.3) is 0 Å². The van der Waals surface area contributed by atoms with Crippen LogP contribution in [0.2, 0.25) is 0 Å². The Hall–Kier alpha value is -0.610. The number of nitrogens with zero attached hydrogens (tertiary/aromatic N) is 2. The molecule has 16 heavy (non-hydrogen) atoms. The molecule has 2 aliphatic heterocycles. The second kappa shape index (κ2) is 4.34. The molecule has 90 valence electrons. The first-order chi connectivity index (χ1) is 7.83. The quantitative estimate of drug-likeness (QED) is 0.726. The first-order valence-electron chi connectivity index (χ1n) is 6.55. The van der Waals surface area contributed by atoms with E-state index in [0.717, 1.165) is 51.6 Å². The Kier molecular flexibility index (Phi) is 2.86. The van der Waals surface area contributed by atoms with Gasteiger partial charge in [-0.05, 0) is 18.8 Å². The van der Waals surface area contributed by atoms with E-state index in [9.17, 15) is 4.79 Å². The summed E-state index contributed by atoms with van der Waals surface area (Å²) in [4.78, 5) is 16.4. The highest BCUT2D eigenvalue weighted by atomic mass is 16.2. The summed E-state index contributed by atoms with van der Waals surface area (Å²) in [5, 5.41) is 3.36. The molecule has 0 aromatic carbocycles. The number of piperazine rings is 1. The monoisotopic (exact) mass is 223 g/mol. The van der Waals surface area contributed by atoms with Gasteiger partial charge in [0, 0.05) is 51.7 Å². The third kappa shape index (κ3) is 2.23. The molecule has 4 heteroatoms. The van der Waals surface area contributed by atoms with Crippen LogP contribution in [0.4, 0.5) is 0 Å². The predicted octanol–water partition coefficient (Wildman–Crippen LogP) is -0.0975. The fourth-order valence-corrected chi connectivity index (χ4v) is 2.64. The van der Waals surface area contributed by atoms with Crippen molar-refractivity contribution in [3.05, 3.63) is 0 Å². The van der Waals surface area contributed by atoms with E-state index in [4.69, 9.17) is 0 Å². The smallest absolute Gasteiger partial charge is 0.222 e. The maximum absolute atomic E-state index is 11.8. The highest BCUT2D eigenvalue weighted by Crippen LogP contribution is 2.33. The van der Waals surface area contributed by atoms with Crippen LogP contribution in [0, 0.1) is 5.92 Å². The highest BCUT2D eigenvalue weighted by Gasteiger charge is 2.36. The predicted molar refractivity (Wildman–Crippen MR) is 62.2 cm³/mol. The lowest BCUT2D eigenvalue weighted by Gasteiger charge is -2.46. The highest BCUT2D eigenvalue weighted by molar-refractivity contribution is 5.77. The summed E-state index contributed by atoms with van der Waals surface area (Å²) >= 11 is 0. The Balaban J connectivity index is 1.41. The van der Waals surface area contributed by atoms with Gasteiger partial charge in [-0.15, -0.1) is 0 Å². The molecule has 0 aromatic rings. The SMILES string of the molecule is O=C(CC1CC1)N1CC(N2CCNCC2)C1. The average molecular weight is 223 g/mol. The van der Waals surface area contributed by atoms with E-state index >= 15 is 0 Å². The fraction of sp³-hybridized carbons (Fsp3) is 0.917. The molecule has 0 spiro atoms. The molecule has 2 heterocycles. The van der Waals surface area contributed by atoms with Crippen LogP contribution in [0.1, 0.15) is 19.3 Å². The van der Waals surface area contributed by atoms with Crippen molar-refractivity contribution in [3.63, 3.8) is 0 Å². The Bertz CT molecular complexity index is 265. The van der Waals surface area contributed by atoms with Crippen molar-refractivity contribution in [3.8, 4) is 0 Å². The van der Waals surface area contributed by atoms with Gasteiger partial charge in [0.05, 0.1) is 0 Å². The molecule has 2 saturated heterocycles. The molecular formula is C12H21N3O. The third-order valence-electron chi connectivity index (χ3n) is 4.04. The number of rotatable bonds is 3. The van der Waals surface area contributed by atoms with E-state index in [1.165, 1.54) is 12.8 Å². The van der Waals surface area contributed by atoms with E-state index in [2.05, 4.69) is 10.2 Å². The van der Waals surface area contributed by atoms with Crippen molar-refractivity contribution in [2.24, 2.45) is 5.92 Å². The standard InChI is InChI=1S/C12H21N3O/c16-12(7-10-1-2-10)15-8-11(9-15)14-5-3-13-4-6-14/h10-11,13H,1-9H2. The van der Waals surface area contributed by atoms with Crippen molar-refractivity contribution >= 4 is 5.91 Å². The van der Waals surface area contributed by atoms with Gasteiger partial charge in [-0.25, -0.2) is 0 Å². The van der Waals surface area contributed by atoms with Gasteiger partial charge in [-0.1, -0.05) is 0 Å². The van der Waals surface area contributed by atoms with Crippen LogP contribution in [-0.4, -0.2) is 61.0 Å². The molecule has 0 aromatic heterocycles. The maximum Gasteiger partial charge on any atom is 0.222 e. The third-order valence-corrected chi connectivity index (χ3v) is 4.04. The molecule has 0 atom stereocenters. The summed E-state index contributed by atoms with van der Waals surface area (Å²) in [6.07, 6.45) is 3.37. The number of carbonyl (C=O) groups is 1. The minimum Gasteiger partial charge on any atom is -0.339 e. The van der Waals surface area contributed by atoms with Gasteiger partial charge in [0.25, 0.3) is 0 Å². The second-order valence-corrected chi connectivity index (χ2v) is 5.39. The van der Waals surface area contributed by atoms with Gasteiger partial charge in [-0.2, -0.15) is 0 Å². The molecule has 3 fully saturated rings. The number of amides is 1. The van der Waals surface area contributed by atoms with Gasteiger partial charge in [0.15, 0.2) is 0 Å². The van der Waals surface area contributed by atoms with Gasteiger partial charge < -0.3 is 10.2 Å². The summed E-state index contributed by atoms with van der Waals surface area (Å²) in [5.74, 6) is 1.12. The van der Waals surface area contributed by atoms with E-state index in [0.29, 0.717) is 11.9 Å². The van der Waals surface area contributed by atoms with Crippen molar-refractivity contribution < 1.29 is 4.79 Å². The number of hydrogen-bond donors (Lipinski definition) is 1. The minimum absolute atomic E-state index is 0.397. The molecule has 3 aliphatic rings. The van der Waals surface area contributed by atoms with Crippen LogP contribution < -0.4 is 5.32 Å². The van der Waals surface area contributed by atoms with Crippen LogP contribution in [-0.2, 0) is 4.79 Å². The van der Waals surface area contributed by atoms with Gasteiger partial charge in [0.1, 0.15) is 0 Å². The molecular weight excluding hydrogens is 202 g/mol. The lowest BCUT2D eigenvalue weighted by Crippen LogP contribution is -2.63. The van der Waals surface area contributed by atoms with Crippen molar-refractivity contribution in [1.29, 1.82) is 0 Å². The summed E-state index contributed by atoms with van der Waals surface area (Å²) in [7, 11) is 0. The second-order valence-electron chi connectivity index (χ2n) is 5.39. The molecule has 0 unspecified atom stereocenters. The lowest BCUT2D eigenvalue weighted by molar-refractivity contribution is -0.139. The number of likely N-dealkylation sites (tertiary alicyclic amines) is 1. The summed E-state index contributed by atoms with van der Waals surface area (Å²) in [5.41, 5.74) is 0. The summed E-state index contributed by atoms with van der Waals surface area (Å²) in [6.45, 7) is 6.46. The van der Waals surface area contributed by atoms with E-state index < -0.39 is 0 Å². The van der Waals surface area contributed by atoms with E-state index in [-0.39, 0.29) is 0 Å². The normalized spacial score (nSPS) is 27.9. The topological polar surface area (TPSA) is 35.6 Å². The van der Waals surface area contributed by atoms with Crippen LogP contribution in [0.5, 0.6) is 0 Å². The molecule has 0 radical (unpaired) electrons. The molecule has 0 bridgehead atoms. The zero-order valence-electron chi connectivity index (χ0n) is 9.82. The van der Waals surface area contributed by atoms with Crippen LogP contribution >= 0.6 is 0 Å². The molecule has 1 saturated carbocycles. The van der Waals surface area contributed by atoms with Crippen LogP contribution in [0.15, 0.2) is 0 Å². The summed E-state index contributed by atoms with van der Waals surface area (Å²) in [6, 6.07) is 0.644. The number of hydrogen-bond acceptors (Lipinski definition) is 3.